The summed E-state index contributed by atoms with van der Waals surface area (Å²) in [5.41, 5.74) is 0. The van der Waals surface area contributed by atoms with E-state index in [9.17, 15) is 9.59 Å². The highest BCUT2D eigenvalue weighted by molar-refractivity contribution is 5.89. The van der Waals surface area contributed by atoms with Crippen molar-refractivity contribution in [2.45, 2.75) is 20.3 Å². The summed E-state index contributed by atoms with van der Waals surface area (Å²) in [4.78, 5) is 23.7. The highest BCUT2D eigenvalue weighted by Gasteiger charge is 2.49. The summed E-state index contributed by atoms with van der Waals surface area (Å²) < 4.78 is 0. The number of aliphatic carboxylic acids is 1. The van der Waals surface area contributed by atoms with E-state index in [0.717, 1.165) is 0 Å². The first-order chi connectivity index (χ1) is 6.11. The maximum Gasteiger partial charge on any atom is 0.307 e. The summed E-state index contributed by atoms with van der Waals surface area (Å²) >= 11 is 0. The molecule has 74 valence electrons. The van der Waals surface area contributed by atoms with E-state index >= 15 is 0 Å². The first kappa shape index (κ1) is 10.0. The minimum absolute atomic E-state index is 0.00241. The Kier molecular flexibility index (Phi) is 2.90. The second-order valence-electron chi connectivity index (χ2n) is 3.30. The van der Waals surface area contributed by atoms with Gasteiger partial charge >= 0.3 is 5.97 Å². The molecule has 4 nitrogen and oxygen atoms in total. The smallest absolute Gasteiger partial charge is 0.307 e. The van der Waals surface area contributed by atoms with Gasteiger partial charge in [0.15, 0.2) is 0 Å². The van der Waals surface area contributed by atoms with Crippen LogP contribution in [0.15, 0.2) is 0 Å². The van der Waals surface area contributed by atoms with E-state index < -0.39 is 11.9 Å². The van der Waals surface area contributed by atoms with Gasteiger partial charge in [-0.3, -0.25) is 9.59 Å². The van der Waals surface area contributed by atoms with Crippen molar-refractivity contribution in [2.24, 2.45) is 11.8 Å². The zero-order valence-corrected chi connectivity index (χ0v) is 7.99. The van der Waals surface area contributed by atoms with Crippen LogP contribution in [0, 0.1) is 11.8 Å². The Morgan fingerprint density at radius 2 is 1.85 bits per heavy atom. The summed E-state index contributed by atoms with van der Waals surface area (Å²) in [5, 5.41) is 8.63. The van der Waals surface area contributed by atoms with Crippen molar-refractivity contribution in [1.29, 1.82) is 0 Å². The lowest BCUT2D eigenvalue weighted by molar-refractivity contribution is -0.141. The Hall–Kier alpha value is -1.06. The van der Waals surface area contributed by atoms with E-state index in [1.165, 1.54) is 0 Å². The fourth-order valence-corrected chi connectivity index (χ4v) is 1.51. The van der Waals surface area contributed by atoms with Gasteiger partial charge in [0.1, 0.15) is 0 Å². The van der Waals surface area contributed by atoms with Crippen LogP contribution in [0.1, 0.15) is 20.3 Å². The molecule has 0 heterocycles. The van der Waals surface area contributed by atoms with Crippen LogP contribution >= 0.6 is 0 Å². The standard InChI is InChI=1S/C9H15NO3/c1-3-10(4-2)8(11)6-5-7(6)9(12)13/h6-7H,3-5H2,1-2H3,(H,12,13)/t6-,7-/m1/s1. The van der Waals surface area contributed by atoms with Gasteiger partial charge in [0.25, 0.3) is 0 Å². The van der Waals surface area contributed by atoms with Gasteiger partial charge in [0.05, 0.1) is 11.8 Å². The van der Waals surface area contributed by atoms with Gasteiger partial charge in [-0.15, -0.1) is 0 Å². The molecule has 13 heavy (non-hydrogen) atoms. The predicted octanol–water partition coefficient (Wildman–Crippen LogP) is 0.575. The molecule has 0 spiro atoms. The molecule has 1 rings (SSSR count). The van der Waals surface area contributed by atoms with Gasteiger partial charge in [-0.25, -0.2) is 0 Å². The molecule has 0 saturated heterocycles. The van der Waals surface area contributed by atoms with Crippen molar-refractivity contribution in [1.82, 2.24) is 4.90 Å². The van der Waals surface area contributed by atoms with E-state index in [1.54, 1.807) is 4.90 Å². The number of carboxylic acid groups (broad SMARTS) is 1. The molecule has 1 fully saturated rings. The van der Waals surface area contributed by atoms with Crippen molar-refractivity contribution in [3.05, 3.63) is 0 Å². The first-order valence-corrected chi connectivity index (χ1v) is 4.63. The molecule has 1 N–H and O–H groups in total. The highest BCUT2D eigenvalue weighted by Crippen LogP contribution is 2.39. The molecule has 0 aromatic carbocycles. The van der Waals surface area contributed by atoms with Crippen LogP contribution in [0.25, 0.3) is 0 Å². The Morgan fingerprint density at radius 3 is 2.15 bits per heavy atom. The molecule has 2 atom stereocenters. The van der Waals surface area contributed by atoms with Crippen molar-refractivity contribution in [2.75, 3.05) is 13.1 Å². The van der Waals surface area contributed by atoms with Crippen LogP contribution in [0.2, 0.25) is 0 Å². The maximum absolute atomic E-state index is 11.5. The van der Waals surface area contributed by atoms with Crippen LogP contribution < -0.4 is 0 Å². The second-order valence-corrected chi connectivity index (χ2v) is 3.30. The molecule has 0 bridgehead atoms. The van der Waals surface area contributed by atoms with Crippen LogP contribution in [-0.2, 0) is 9.59 Å². The fourth-order valence-electron chi connectivity index (χ4n) is 1.51. The number of rotatable bonds is 4. The van der Waals surface area contributed by atoms with Crippen LogP contribution in [0.3, 0.4) is 0 Å². The molecule has 0 unspecified atom stereocenters. The molecule has 1 aliphatic carbocycles. The Labute approximate surface area is 77.5 Å². The van der Waals surface area contributed by atoms with Gasteiger partial charge in [0.2, 0.25) is 5.91 Å². The number of carboxylic acids is 1. The average Bonchev–Trinajstić information content (AvgIpc) is 2.84. The number of nitrogens with zero attached hydrogens (tertiary/aromatic N) is 1. The van der Waals surface area contributed by atoms with Gasteiger partial charge in [-0.05, 0) is 20.3 Å². The fraction of sp³-hybridized carbons (Fsp3) is 0.778. The number of hydrogen-bond acceptors (Lipinski definition) is 2. The summed E-state index contributed by atoms with van der Waals surface area (Å²) in [7, 11) is 0. The average molecular weight is 185 g/mol. The highest BCUT2D eigenvalue weighted by atomic mass is 16.4. The van der Waals surface area contributed by atoms with Crippen molar-refractivity contribution < 1.29 is 14.7 Å². The van der Waals surface area contributed by atoms with Crippen molar-refractivity contribution >= 4 is 11.9 Å². The first-order valence-electron chi connectivity index (χ1n) is 4.63. The quantitative estimate of drug-likeness (QED) is 0.696. The number of carbonyl (C=O) groups is 2. The summed E-state index contributed by atoms with van der Waals surface area (Å²) in [6.45, 7) is 5.13. The predicted molar refractivity (Wildman–Crippen MR) is 47.2 cm³/mol. The van der Waals surface area contributed by atoms with E-state index in [4.69, 9.17) is 5.11 Å². The van der Waals surface area contributed by atoms with E-state index in [1.807, 2.05) is 13.8 Å². The van der Waals surface area contributed by atoms with Crippen LogP contribution in [0.4, 0.5) is 0 Å². The Bertz CT molecular complexity index is 223. The molecule has 1 amide bonds. The monoisotopic (exact) mass is 185 g/mol. The topological polar surface area (TPSA) is 57.6 Å². The van der Waals surface area contributed by atoms with Gasteiger partial charge < -0.3 is 10.0 Å². The Balaban J connectivity index is 2.46. The Morgan fingerprint density at radius 1 is 1.31 bits per heavy atom. The lowest BCUT2D eigenvalue weighted by atomic mass is 10.3. The van der Waals surface area contributed by atoms with Crippen molar-refractivity contribution in [3.8, 4) is 0 Å². The number of amides is 1. The zero-order valence-electron chi connectivity index (χ0n) is 7.99. The van der Waals surface area contributed by atoms with E-state index in [-0.39, 0.29) is 11.8 Å². The molecule has 0 aromatic heterocycles. The maximum atomic E-state index is 11.5. The van der Waals surface area contributed by atoms with E-state index in [2.05, 4.69) is 0 Å². The molecule has 0 aliphatic heterocycles. The molecule has 1 aliphatic rings. The van der Waals surface area contributed by atoms with Gasteiger partial charge in [-0.1, -0.05) is 0 Å². The molecule has 4 heteroatoms. The third-order valence-corrected chi connectivity index (χ3v) is 2.50. The molecule has 0 aromatic rings. The van der Waals surface area contributed by atoms with Crippen LogP contribution in [0.5, 0.6) is 0 Å². The summed E-state index contributed by atoms with van der Waals surface area (Å²) in [6, 6.07) is 0. The SMILES string of the molecule is CCN(CC)C(=O)[C@@H]1C[C@H]1C(=O)O. The summed E-state index contributed by atoms with van der Waals surface area (Å²) in [6.07, 6.45) is 0.519. The third kappa shape index (κ3) is 1.99. The molecule has 0 radical (unpaired) electrons. The largest absolute Gasteiger partial charge is 0.481 e. The molecule has 1 saturated carbocycles. The van der Waals surface area contributed by atoms with E-state index in [0.29, 0.717) is 19.5 Å². The normalized spacial score (nSPS) is 25.4. The lowest BCUT2D eigenvalue weighted by Gasteiger charge is -2.18. The minimum atomic E-state index is -0.842. The summed E-state index contributed by atoms with van der Waals surface area (Å²) in [5.74, 6) is -1.52. The third-order valence-electron chi connectivity index (χ3n) is 2.50. The molecular weight excluding hydrogens is 170 g/mol. The van der Waals surface area contributed by atoms with Crippen molar-refractivity contribution in [3.63, 3.8) is 0 Å². The van der Waals surface area contributed by atoms with Crippen LogP contribution in [-0.4, -0.2) is 35.0 Å². The molecular formula is C9H15NO3. The number of carbonyl (C=O) groups excluding carboxylic acids is 1. The zero-order chi connectivity index (χ0) is 10.0. The second kappa shape index (κ2) is 3.77. The lowest BCUT2D eigenvalue weighted by Crippen LogP contribution is -2.32. The number of hydrogen-bond donors (Lipinski definition) is 1. The minimum Gasteiger partial charge on any atom is -0.481 e. The van der Waals surface area contributed by atoms with Gasteiger partial charge in [-0.2, -0.15) is 0 Å². The van der Waals surface area contributed by atoms with Gasteiger partial charge in [0, 0.05) is 13.1 Å².